The summed E-state index contributed by atoms with van der Waals surface area (Å²) >= 11 is 0. The molecule has 34 heavy (non-hydrogen) atoms. The van der Waals surface area contributed by atoms with E-state index in [0.717, 1.165) is 84.9 Å². The first-order chi connectivity index (χ1) is 16.5. The number of H-pyrrole nitrogens is 1. The molecule has 4 heterocycles. The predicted octanol–water partition coefficient (Wildman–Crippen LogP) is 4.41. The lowest BCUT2D eigenvalue weighted by Crippen LogP contribution is -2.40. The molecule has 3 N–H and O–H groups in total. The zero-order valence-corrected chi connectivity index (χ0v) is 19.6. The van der Waals surface area contributed by atoms with Gasteiger partial charge in [-0.05, 0) is 81.2 Å². The van der Waals surface area contributed by atoms with Gasteiger partial charge in [-0.25, -0.2) is 4.98 Å². The van der Waals surface area contributed by atoms with Gasteiger partial charge in [0.2, 0.25) is 5.91 Å². The first-order valence-electron chi connectivity index (χ1n) is 12.5. The highest BCUT2D eigenvalue weighted by molar-refractivity contribution is 6.02. The molecule has 176 valence electrons. The number of likely N-dealkylation sites (tertiary alicyclic amines) is 1. The average Bonchev–Trinajstić information content (AvgIpc) is 3.38. The van der Waals surface area contributed by atoms with Crippen LogP contribution >= 0.6 is 0 Å². The smallest absolute Gasteiger partial charge is 0.252 e. The Balaban J connectivity index is 1.27. The Kier molecular flexibility index (Phi) is 5.17. The highest BCUT2D eigenvalue weighted by Gasteiger charge is 2.43. The molecular weight excluding hydrogens is 426 g/mol. The molecule has 3 aromatic rings. The van der Waals surface area contributed by atoms with Gasteiger partial charge in [-0.2, -0.15) is 0 Å². The average molecular weight is 458 g/mol. The molecule has 1 spiro atoms. The van der Waals surface area contributed by atoms with Crippen LogP contribution in [0.15, 0.2) is 36.5 Å². The Morgan fingerprint density at radius 1 is 1.09 bits per heavy atom. The third kappa shape index (κ3) is 3.59. The maximum absolute atomic E-state index is 12.7. The highest BCUT2D eigenvalue weighted by Crippen LogP contribution is 2.44. The van der Waals surface area contributed by atoms with Crippen molar-refractivity contribution in [2.24, 2.45) is 5.92 Å². The topological polar surface area (TPSA) is 90.1 Å². The van der Waals surface area contributed by atoms with E-state index in [2.05, 4.69) is 38.6 Å². The summed E-state index contributed by atoms with van der Waals surface area (Å²) in [6.07, 6.45) is 9.27. The van der Waals surface area contributed by atoms with E-state index in [4.69, 9.17) is 0 Å². The summed E-state index contributed by atoms with van der Waals surface area (Å²) in [6.45, 7) is 1.90. The van der Waals surface area contributed by atoms with Crippen LogP contribution in [-0.2, 0) is 10.3 Å². The van der Waals surface area contributed by atoms with Gasteiger partial charge in [-0.1, -0.05) is 25.3 Å². The summed E-state index contributed by atoms with van der Waals surface area (Å²) in [5.74, 6) is 0.729. The summed E-state index contributed by atoms with van der Waals surface area (Å²) in [5, 5.41) is 7.32. The molecule has 0 radical (unpaired) electrons. The molecule has 2 amide bonds. The number of carbonyl (C=O) groups is 2. The van der Waals surface area contributed by atoms with Crippen LogP contribution in [0.3, 0.4) is 0 Å². The third-order valence-corrected chi connectivity index (χ3v) is 8.03. The van der Waals surface area contributed by atoms with E-state index in [0.29, 0.717) is 5.82 Å². The monoisotopic (exact) mass is 457 g/mol. The van der Waals surface area contributed by atoms with E-state index in [9.17, 15) is 9.59 Å². The molecule has 1 saturated heterocycles. The van der Waals surface area contributed by atoms with Crippen molar-refractivity contribution in [3.63, 3.8) is 0 Å². The molecule has 0 bridgehead atoms. The van der Waals surface area contributed by atoms with Gasteiger partial charge in [0, 0.05) is 28.6 Å². The Morgan fingerprint density at radius 2 is 1.88 bits per heavy atom. The number of rotatable bonds is 3. The lowest BCUT2D eigenvalue weighted by Gasteiger charge is -2.34. The summed E-state index contributed by atoms with van der Waals surface area (Å²) in [6, 6.07) is 10.1. The number of nitrogens with zero attached hydrogens (tertiary/aromatic N) is 2. The van der Waals surface area contributed by atoms with Crippen LogP contribution in [0, 0.1) is 5.92 Å². The molecule has 6 rings (SSSR count). The van der Waals surface area contributed by atoms with Gasteiger partial charge < -0.3 is 20.5 Å². The molecule has 2 fully saturated rings. The quantitative estimate of drug-likeness (QED) is 0.543. The number of anilines is 1. The van der Waals surface area contributed by atoms with Crippen molar-refractivity contribution in [2.45, 2.75) is 50.5 Å². The Morgan fingerprint density at radius 3 is 2.68 bits per heavy atom. The first kappa shape index (κ1) is 21.4. The van der Waals surface area contributed by atoms with Crippen molar-refractivity contribution in [1.82, 2.24) is 20.2 Å². The first-order valence-corrected chi connectivity index (χ1v) is 12.5. The lowest BCUT2D eigenvalue weighted by molar-refractivity contribution is -0.121. The normalized spacial score (nSPS) is 20.4. The van der Waals surface area contributed by atoms with E-state index in [-0.39, 0.29) is 23.3 Å². The zero-order chi connectivity index (χ0) is 23.3. The van der Waals surface area contributed by atoms with Crippen LogP contribution < -0.4 is 10.6 Å². The molecule has 7 heteroatoms. The van der Waals surface area contributed by atoms with E-state index >= 15 is 0 Å². The number of hydrogen-bond acceptors (Lipinski definition) is 4. The molecular formula is C27H31N5O2. The number of carbonyl (C=O) groups excluding carboxylic acids is 2. The highest BCUT2D eigenvalue weighted by atomic mass is 16.2. The van der Waals surface area contributed by atoms with E-state index in [1.807, 2.05) is 30.5 Å². The molecule has 3 aliphatic rings. The van der Waals surface area contributed by atoms with Gasteiger partial charge in [0.05, 0.1) is 5.54 Å². The number of fused-ring (bicyclic) bond motifs is 3. The number of piperidine rings is 1. The number of benzene rings is 1. The second-order valence-corrected chi connectivity index (χ2v) is 10.2. The Hall–Kier alpha value is -3.19. The van der Waals surface area contributed by atoms with Gasteiger partial charge in [0.15, 0.2) is 0 Å². The van der Waals surface area contributed by atoms with Crippen LogP contribution in [0.1, 0.15) is 60.9 Å². The molecule has 1 aromatic carbocycles. The van der Waals surface area contributed by atoms with Crippen molar-refractivity contribution in [2.75, 3.05) is 25.5 Å². The maximum Gasteiger partial charge on any atom is 0.252 e. The minimum Gasteiger partial charge on any atom is -0.345 e. The van der Waals surface area contributed by atoms with E-state index in [1.54, 1.807) is 0 Å². The fourth-order valence-corrected chi connectivity index (χ4v) is 6.02. The van der Waals surface area contributed by atoms with Crippen LogP contribution in [-0.4, -0.2) is 46.8 Å². The standard InChI is InChI=1S/C27H31N5O2/c1-32-13-9-17(10-14-32)25(33)30-23-8-7-19-21(16-28-24(19)29-23)18-5-6-20-22(15-18)27(31-26(20)34)11-3-2-4-12-27/h5-8,15-17H,2-4,9-14H2,1H3,(H,31,34)(H2,28,29,30,33). The number of pyridine rings is 1. The van der Waals surface area contributed by atoms with Gasteiger partial charge in [-0.15, -0.1) is 0 Å². The number of nitrogens with one attached hydrogen (secondary N) is 3. The number of amides is 2. The number of aromatic nitrogens is 2. The SMILES string of the molecule is CN1CCC(C(=O)Nc2ccc3c(-c4ccc5c(c4)C4(CCCCC4)NC5=O)c[nH]c3n2)CC1. The van der Waals surface area contributed by atoms with E-state index in [1.165, 1.54) is 6.42 Å². The lowest BCUT2D eigenvalue weighted by atomic mass is 9.77. The number of aromatic amines is 1. The minimum atomic E-state index is -0.212. The predicted molar refractivity (Wildman–Crippen MR) is 133 cm³/mol. The second-order valence-electron chi connectivity index (χ2n) is 10.2. The van der Waals surface area contributed by atoms with Gasteiger partial charge >= 0.3 is 0 Å². The zero-order valence-electron chi connectivity index (χ0n) is 19.6. The number of hydrogen-bond donors (Lipinski definition) is 3. The summed E-state index contributed by atoms with van der Waals surface area (Å²) in [4.78, 5) is 35.6. The van der Waals surface area contributed by atoms with Crippen LogP contribution in [0.4, 0.5) is 5.82 Å². The molecule has 0 unspecified atom stereocenters. The van der Waals surface area contributed by atoms with Crippen molar-refractivity contribution in [3.05, 3.63) is 47.7 Å². The van der Waals surface area contributed by atoms with Crippen LogP contribution in [0.25, 0.3) is 22.2 Å². The molecule has 7 nitrogen and oxygen atoms in total. The Bertz CT molecular complexity index is 1270. The largest absolute Gasteiger partial charge is 0.345 e. The van der Waals surface area contributed by atoms with Gasteiger partial charge in [0.1, 0.15) is 11.5 Å². The summed E-state index contributed by atoms with van der Waals surface area (Å²) < 4.78 is 0. The third-order valence-electron chi connectivity index (χ3n) is 8.03. The molecule has 1 saturated carbocycles. The molecule has 0 atom stereocenters. The van der Waals surface area contributed by atoms with Crippen LogP contribution in [0.2, 0.25) is 0 Å². The second kappa shape index (κ2) is 8.24. The maximum atomic E-state index is 12.7. The summed E-state index contributed by atoms with van der Waals surface area (Å²) in [5.41, 5.74) is 4.62. The minimum absolute atomic E-state index is 0.0442. The summed E-state index contributed by atoms with van der Waals surface area (Å²) in [7, 11) is 2.09. The fraction of sp³-hybridized carbons (Fsp3) is 0.444. The fourth-order valence-electron chi connectivity index (χ4n) is 6.02. The van der Waals surface area contributed by atoms with E-state index < -0.39 is 0 Å². The van der Waals surface area contributed by atoms with Crippen LogP contribution in [0.5, 0.6) is 0 Å². The Labute approximate surface area is 199 Å². The molecule has 2 aromatic heterocycles. The van der Waals surface area contributed by atoms with Crippen molar-refractivity contribution >= 4 is 28.7 Å². The van der Waals surface area contributed by atoms with Crippen molar-refractivity contribution in [1.29, 1.82) is 0 Å². The van der Waals surface area contributed by atoms with Gasteiger partial charge in [0.25, 0.3) is 5.91 Å². The molecule has 2 aliphatic heterocycles. The van der Waals surface area contributed by atoms with Crippen molar-refractivity contribution in [3.8, 4) is 11.1 Å². The van der Waals surface area contributed by atoms with Gasteiger partial charge in [-0.3, -0.25) is 9.59 Å². The molecule has 1 aliphatic carbocycles. The van der Waals surface area contributed by atoms with Crippen molar-refractivity contribution < 1.29 is 9.59 Å².